The van der Waals surface area contributed by atoms with Gasteiger partial charge in [0.15, 0.2) is 0 Å². The van der Waals surface area contributed by atoms with Crippen molar-refractivity contribution in [1.82, 2.24) is 0 Å². The second kappa shape index (κ2) is 10.9. The van der Waals surface area contributed by atoms with E-state index in [9.17, 15) is 14.0 Å². The number of aliphatic carboxylic acids is 1. The van der Waals surface area contributed by atoms with Gasteiger partial charge in [-0.05, 0) is 42.4 Å². The summed E-state index contributed by atoms with van der Waals surface area (Å²) in [6, 6.07) is 15.0. The maximum absolute atomic E-state index is 14.6. The van der Waals surface area contributed by atoms with E-state index in [1.807, 2.05) is 48.6 Å². The van der Waals surface area contributed by atoms with Crippen LogP contribution in [0.5, 0.6) is 0 Å². The average Bonchev–Trinajstić information content (AvgIpc) is 3.09. The van der Waals surface area contributed by atoms with Crippen LogP contribution in [-0.4, -0.2) is 16.9 Å². The zero-order valence-electron chi connectivity index (χ0n) is 17.2. The molecule has 1 saturated carbocycles. The third kappa shape index (κ3) is 6.12. The quantitative estimate of drug-likeness (QED) is 0.455. The number of benzene rings is 2. The Kier molecular flexibility index (Phi) is 7.95. The van der Waals surface area contributed by atoms with Gasteiger partial charge in [-0.1, -0.05) is 73.9 Å². The minimum atomic E-state index is -0.754. The molecular weight excluding hydrogens is 379 g/mol. The van der Waals surface area contributed by atoms with Gasteiger partial charge < -0.3 is 5.11 Å². The lowest BCUT2D eigenvalue weighted by Gasteiger charge is -2.15. The molecule has 30 heavy (non-hydrogen) atoms. The van der Waals surface area contributed by atoms with E-state index in [0.29, 0.717) is 24.2 Å². The fourth-order valence-corrected chi connectivity index (χ4v) is 4.23. The number of allylic oxidation sites excluding steroid dienone is 1. The first-order valence-corrected chi connectivity index (χ1v) is 10.8. The zero-order valence-corrected chi connectivity index (χ0v) is 17.2. The van der Waals surface area contributed by atoms with Crippen LogP contribution in [0.1, 0.15) is 56.9 Å². The van der Waals surface area contributed by atoms with Crippen molar-refractivity contribution in [3.05, 3.63) is 66.0 Å². The average molecular weight is 409 g/mol. The van der Waals surface area contributed by atoms with Gasteiger partial charge in [0.1, 0.15) is 11.6 Å². The van der Waals surface area contributed by atoms with E-state index < -0.39 is 5.97 Å². The van der Waals surface area contributed by atoms with E-state index >= 15 is 0 Å². The van der Waals surface area contributed by atoms with Crippen LogP contribution in [0.25, 0.3) is 17.2 Å². The van der Waals surface area contributed by atoms with Crippen LogP contribution in [0, 0.1) is 17.7 Å². The molecule has 1 N–H and O–H groups in total. The van der Waals surface area contributed by atoms with Gasteiger partial charge in [-0.15, -0.1) is 0 Å². The molecule has 0 bridgehead atoms. The predicted molar refractivity (Wildman–Crippen MR) is 117 cm³/mol. The topological polar surface area (TPSA) is 54.4 Å². The van der Waals surface area contributed by atoms with Gasteiger partial charge in [0.2, 0.25) is 0 Å². The van der Waals surface area contributed by atoms with Crippen LogP contribution in [0.2, 0.25) is 0 Å². The molecule has 2 atom stereocenters. The van der Waals surface area contributed by atoms with Crippen LogP contribution < -0.4 is 0 Å². The van der Waals surface area contributed by atoms with Crippen LogP contribution in [-0.2, 0) is 9.59 Å². The first-order chi connectivity index (χ1) is 14.5. The number of halogens is 1. The maximum atomic E-state index is 14.6. The molecule has 4 heteroatoms. The van der Waals surface area contributed by atoms with Crippen molar-refractivity contribution >= 4 is 17.8 Å². The number of Topliss-reactive ketones (excluding diaryl/α,β-unsaturated/α-hetero) is 1. The molecule has 1 aliphatic carbocycles. The summed E-state index contributed by atoms with van der Waals surface area (Å²) in [6.07, 6.45) is 9.72. The Morgan fingerprint density at radius 2 is 1.80 bits per heavy atom. The lowest BCUT2D eigenvalue weighted by atomic mass is 9.89. The van der Waals surface area contributed by atoms with E-state index in [0.717, 1.165) is 43.2 Å². The highest BCUT2D eigenvalue weighted by atomic mass is 19.1. The Bertz CT molecular complexity index is 888. The molecule has 0 spiro atoms. The van der Waals surface area contributed by atoms with Crippen molar-refractivity contribution in [3.8, 4) is 11.1 Å². The largest absolute Gasteiger partial charge is 0.481 e. The minimum absolute atomic E-state index is 0.00683. The molecule has 0 aromatic heterocycles. The number of unbranched alkanes of at least 4 members (excludes halogenated alkanes) is 3. The minimum Gasteiger partial charge on any atom is -0.481 e. The summed E-state index contributed by atoms with van der Waals surface area (Å²) in [5.74, 6) is -0.547. The molecule has 2 unspecified atom stereocenters. The van der Waals surface area contributed by atoms with Gasteiger partial charge in [0.25, 0.3) is 0 Å². The molecule has 3 rings (SSSR count). The summed E-state index contributed by atoms with van der Waals surface area (Å²) in [4.78, 5) is 22.8. The van der Waals surface area contributed by atoms with Crippen molar-refractivity contribution in [3.63, 3.8) is 0 Å². The van der Waals surface area contributed by atoms with E-state index in [1.54, 1.807) is 12.1 Å². The molecule has 1 aliphatic rings. The van der Waals surface area contributed by atoms with E-state index in [2.05, 4.69) is 0 Å². The highest BCUT2D eigenvalue weighted by Crippen LogP contribution is 2.34. The van der Waals surface area contributed by atoms with Crippen molar-refractivity contribution in [1.29, 1.82) is 0 Å². The molecule has 0 saturated heterocycles. The standard InChI is InChI=1S/C26H29FO3/c27-24-18-22(19-8-4-3-5-9-19)15-14-21(24)13-12-20-16-17-25(28)23(20)10-6-1-2-7-11-26(29)30/h3-5,8-9,12-15,18,20,23H,1-2,6-7,10-11,16-17H2,(H,29,30). The maximum Gasteiger partial charge on any atom is 0.303 e. The summed E-state index contributed by atoms with van der Waals surface area (Å²) in [7, 11) is 0. The third-order valence-electron chi connectivity index (χ3n) is 5.94. The molecule has 2 aromatic carbocycles. The van der Waals surface area contributed by atoms with Gasteiger partial charge in [-0.3, -0.25) is 9.59 Å². The second-order valence-electron chi connectivity index (χ2n) is 8.08. The first-order valence-electron chi connectivity index (χ1n) is 10.8. The molecule has 1 fully saturated rings. The predicted octanol–water partition coefficient (Wildman–Crippen LogP) is 6.53. The molecule has 158 valence electrons. The van der Waals surface area contributed by atoms with Gasteiger partial charge in [0, 0.05) is 24.3 Å². The Morgan fingerprint density at radius 3 is 2.53 bits per heavy atom. The number of carboxylic acids is 1. The number of carboxylic acid groups (broad SMARTS) is 1. The number of carbonyl (C=O) groups excluding carboxylic acids is 1. The summed E-state index contributed by atoms with van der Waals surface area (Å²) < 4.78 is 14.6. The van der Waals surface area contributed by atoms with Crippen LogP contribution in [0.3, 0.4) is 0 Å². The van der Waals surface area contributed by atoms with Gasteiger partial charge in [-0.25, -0.2) is 4.39 Å². The summed E-state index contributed by atoms with van der Waals surface area (Å²) in [5, 5.41) is 8.68. The van der Waals surface area contributed by atoms with Crippen molar-refractivity contribution in [2.24, 2.45) is 11.8 Å². The molecule has 3 nitrogen and oxygen atoms in total. The number of hydrogen-bond donors (Lipinski definition) is 1. The first kappa shape index (κ1) is 21.9. The highest BCUT2D eigenvalue weighted by Gasteiger charge is 2.32. The van der Waals surface area contributed by atoms with Crippen LogP contribution >= 0.6 is 0 Å². The van der Waals surface area contributed by atoms with Crippen molar-refractivity contribution in [2.45, 2.75) is 51.4 Å². The number of rotatable bonds is 10. The number of hydrogen-bond acceptors (Lipinski definition) is 2. The summed E-state index contributed by atoms with van der Waals surface area (Å²) in [6.45, 7) is 0. The van der Waals surface area contributed by atoms with E-state index in [4.69, 9.17) is 5.11 Å². The van der Waals surface area contributed by atoms with Gasteiger partial charge >= 0.3 is 5.97 Å². The van der Waals surface area contributed by atoms with E-state index in [-0.39, 0.29) is 24.1 Å². The molecule has 0 aliphatic heterocycles. The Labute approximate surface area is 177 Å². The molecule has 0 radical (unpaired) electrons. The Hall–Kier alpha value is -2.75. The molecule has 2 aromatic rings. The SMILES string of the molecule is O=C(O)CCCCCCC1C(=O)CCC1C=Cc1ccc(-c2ccccc2)cc1F. The Balaban J connectivity index is 1.56. The lowest BCUT2D eigenvalue weighted by Crippen LogP contribution is -2.13. The lowest BCUT2D eigenvalue weighted by molar-refractivity contribution is -0.137. The number of ketones is 1. The molecule has 0 heterocycles. The van der Waals surface area contributed by atoms with Crippen molar-refractivity contribution in [2.75, 3.05) is 0 Å². The van der Waals surface area contributed by atoms with Gasteiger partial charge in [-0.2, -0.15) is 0 Å². The number of carbonyl (C=O) groups is 2. The zero-order chi connectivity index (χ0) is 21.3. The van der Waals surface area contributed by atoms with Crippen LogP contribution in [0.4, 0.5) is 4.39 Å². The van der Waals surface area contributed by atoms with E-state index in [1.165, 1.54) is 0 Å². The molecular formula is C26H29FO3. The molecule has 0 amide bonds. The second-order valence-corrected chi connectivity index (χ2v) is 8.08. The fraction of sp³-hybridized carbons (Fsp3) is 0.385. The smallest absolute Gasteiger partial charge is 0.303 e. The Morgan fingerprint density at radius 1 is 1.03 bits per heavy atom. The van der Waals surface area contributed by atoms with Crippen LogP contribution in [0.15, 0.2) is 54.6 Å². The fourth-order valence-electron chi connectivity index (χ4n) is 4.23. The third-order valence-corrected chi connectivity index (χ3v) is 5.94. The monoisotopic (exact) mass is 408 g/mol. The van der Waals surface area contributed by atoms with Crippen molar-refractivity contribution < 1.29 is 19.1 Å². The highest BCUT2D eigenvalue weighted by molar-refractivity contribution is 5.84. The van der Waals surface area contributed by atoms with Gasteiger partial charge in [0.05, 0.1) is 0 Å². The summed E-state index contributed by atoms with van der Waals surface area (Å²) in [5.41, 5.74) is 2.38. The normalized spacial score (nSPS) is 18.9. The summed E-state index contributed by atoms with van der Waals surface area (Å²) >= 11 is 0.